The number of fused-ring (bicyclic) bond motifs is 8. The summed E-state index contributed by atoms with van der Waals surface area (Å²) in [5.74, 6) is 5.20. The third-order valence-electron chi connectivity index (χ3n) is 14.1. The predicted octanol–water partition coefficient (Wildman–Crippen LogP) is 13.6. The molecule has 8 aromatic rings. The van der Waals surface area contributed by atoms with Gasteiger partial charge in [0.05, 0.1) is 0 Å². The van der Waals surface area contributed by atoms with Gasteiger partial charge in [0, 0.05) is 32.7 Å². The van der Waals surface area contributed by atoms with Crippen molar-refractivity contribution >= 4 is 32.7 Å². The van der Waals surface area contributed by atoms with Gasteiger partial charge >= 0.3 is 0 Å². The van der Waals surface area contributed by atoms with E-state index in [1.807, 2.05) is 6.07 Å². The van der Waals surface area contributed by atoms with Crippen molar-refractivity contribution in [1.82, 2.24) is 0 Å². The van der Waals surface area contributed by atoms with Crippen LogP contribution in [0.25, 0.3) is 77.2 Å². The molecule has 2 heterocycles. The number of para-hydroxylation sites is 2. The lowest BCUT2D eigenvalue weighted by Gasteiger charge is -2.61. The third kappa shape index (κ3) is 3.46. The normalized spacial score (nSPS) is 24.4. The molecule has 14 rings (SSSR count). The van der Waals surface area contributed by atoms with Gasteiger partial charge in [0.1, 0.15) is 22.7 Å². The SMILES string of the molecule is c1ccc2c(c1)-c1ccc(-c3ccc4c5c(cccc35)-c3cc(-c5cccc6c5oc5ccccc56)ccc3O4)cc1C21C2CC3CC(C2)CC1C3. The third-order valence-corrected chi connectivity index (χ3v) is 14.1. The molecule has 4 saturated carbocycles. The van der Waals surface area contributed by atoms with Crippen LogP contribution in [0, 0.1) is 23.7 Å². The van der Waals surface area contributed by atoms with Gasteiger partial charge in [0.25, 0.3) is 0 Å². The van der Waals surface area contributed by atoms with E-state index in [1.165, 1.54) is 70.7 Å². The van der Waals surface area contributed by atoms with Crippen LogP contribution in [0.4, 0.5) is 0 Å². The van der Waals surface area contributed by atoms with Gasteiger partial charge in [-0.3, -0.25) is 0 Å². The van der Waals surface area contributed by atoms with Gasteiger partial charge in [0.15, 0.2) is 0 Å². The number of ether oxygens (including phenoxy) is 1. The Morgan fingerprint density at radius 3 is 1.98 bits per heavy atom. The van der Waals surface area contributed by atoms with Crippen LogP contribution in [0.2, 0.25) is 0 Å². The van der Waals surface area contributed by atoms with Crippen LogP contribution in [-0.4, -0.2) is 0 Å². The maximum Gasteiger partial charge on any atom is 0.143 e. The summed E-state index contributed by atoms with van der Waals surface area (Å²) in [7, 11) is 0. The maximum absolute atomic E-state index is 6.71. The van der Waals surface area contributed by atoms with Gasteiger partial charge in [-0.2, -0.15) is 0 Å². The molecule has 0 unspecified atom stereocenters. The van der Waals surface area contributed by atoms with E-state index in [0.29, 0.717) is 0 Å². The first-order chi connectivity index (χ1) is 25.7. The summed E-state index contributed by atoms with van der Waals surface area (Å²) in [6.45, 7) is 0. The van der Waals surface area contributed by atoms with E-state index < -0.39 is 0 Å². The lowest BCUT2D eigenvalue weighted by atomic mass is 9.43. The number of rotatable bonds is 2. The Morgan fingerprint density at radius 2 is 1.10 bits per heavy atom. The number of hydrogen-bond acceptors (Lipinski definition) is 2. The van der Waals surface area contributed by atoms with Crippen molar-refractivity contribution in [1.29, 1.82) is 0 Å². The molecule has 4 fully saturated rings. The van der Waals surface area contributed by atoms with Gasteiger partial charge in [-0.05, 0) is 136 Å². The van der Waals surface area contributed by atoms with Crippen LogP contribution in [0.3, 0.4) is 0 Å². The van der Waals surface area contributed by atoms with E-state index in [-0.39, 0.29) is 5.41 Å². The molecule has 1 aromatic heterocycles. The Bertz CT molecular complexity index is 2820. The molecule has 7 aromatic carbocycles. The summed E-state index contributed by atoms with van der Waals surface area (Å²) in [6, 6.07) is 49.6. The topological polar surface area (TPSA) is 22.4 Å². The molecule has 0 atom stereocenters. The summed E-state index contributed by atoms with van der Waals surface area (Å²) >= 11 is 0. The van der Waals surface area contributed by atoms with Crippen LogP contribution >= 0.6 is 0 Å². The van der Waals surface area contributed by atoms with Crippen LogP contribution in [-0.2, 0) is 5.41 Å². The zero-order valence-electron chi connectivity index (χ0n) is 28.9. The zero-order valence-corrected chi connectivity index (χ0v) is 28.9. The van der Waals surface area contributed by atoms with Crippen LogP contribution < -0.4 is 4.74 Å². The molecular formula is C50H36O2. The second-order valence-electron chi connectivity index (χ2n) is 16.4. The van der Waals surface area contributed by atoms with Crippen molar-refractivity contribution < 1.29 is 9.15 Å². The highest BCUT2D eigenvalue weighted by Crippen LogP contribution is 2.69. The summed E-state index contributed by atoms with van der Waals surface area (Å²) < 4.78 is 13.2. The smallest absolute Gasteiger partial charge is 0.143 e. The number of benzene rings is 7. The van der Waals surface area contributed by atoms with E-state index >= 15 is 0 Å². The molecule has 248 valence electrons. The van der Waals surface area contributed by atoms with E-state index in [2.05, 4.69) is 127 Å². The number of hydrogen-bond donors (Lipinski definition) is 0. The first-order valence-corrected chi connectivity index (χ1v) is 19.3. The molecule has 1 spiro atoms. The first-order valence-electron chi connectivity index (χ1n) is 19.3. The quantitative estimate of drug-likeness (QED) is 0.183. The summed E-state index contributed by atoms with van der Waals surface area (Å²) in [5, 5.41) is 4.74. The minimum atomic E-state index is 0.156. The summed E-state index contributed by atoms with van der Waals surface area (Å²) in [5.41, 5.74) is 15.3. The minimum absolute atomic E-state index is 0.156. The van der Waals surface area contributed by atoms with Crippen LogP contribution in [0.15, 0.2) is 138 Å². The maximum atomic E-state index is 6.71. The average molecular weight is 669 g/mol. The van der Waals surface area contributed by atoms with Crippen LogP contribution in [0.5, 0.6) is 11.5 Å². The fourth-order valence-corrected chi connectivity index (χ4v) is 12.3. The first kappa shape index (κ1) is 28.0. The van der Waals surface area contributed by atoms with E-state index in [1.54, 1.807) is 11.1 Å². The van der Waals surface area contributed by atoms with E-state index in [9.17, 15) is 0 Å². The van der Waals surface area contributed by atoms with Gasteiger partial charge in [0.2, 0.25) is 0 Å². The van der Waals surface area contributed by atoms with Crippen molar-refractivity contribution in [2.75, 3.05) is 0 Å². The fourth-order valence-electron chi connectivity index (χ4n) is 12.3. The molecule has 0 radical (unpaired) electrons. The average Bonchev–Trinajstić information content (AvgIpc) is 3.71. The molecule has 0 saturated heterocycles. The van der Waals surface area contributed by atoms with Gasteiger partial charge < -0.3 is 9.15 Å². The Balaban J connectivity index is 0.976. The molecule has 5 aliphatic carbocycles. The summed E-state index contributed by atoms with van der Waals surface area (Å²) in [4.78, 5) is 0. The molecule has 2 nitrogen and oxygen atoms in total. The van der Waals surface area contributed by atoms with E-state index in [4.69, 9.17) is 9.15 Å². The van der Waals surface area contributed by atoms with E-state index in [0.717, 1.165) is 73.8 Å². The Labute approximate surface area is 302 Å². The van der Waals surface area contributed by atoms with Gasteiger partial charge in [-0.15, -0.1) is 0 Å². The lowest BCUT2D eigenvalue weighted by Crippen LogP contribution is -2.55. The predicted molar refractivity (Wildman–Crippen MR) is 211 cm³/mol. The molecule has 0 amide bonds. The van der Waals surface area contributed by atoms with Crippen LogP contribution in [0.1, 0.15) is 43.2 Å². The van der Waals surface area contributed by atoms with Gasteiger partial charge in [-0.25, -0.2) is 0 Å². The Morgan fingerprint density at radius 1 is 0.442 bits per heavy atom. The second kappa shape index (κ2) is 9.83. The Hall–Kier alpha value is -5.60. The van der Waals surface area contributed by atoms with Crippen molar-refractivity contribution in [2.45, 2.75) is 37.5 Å². The van der Waals surface area contributed by atoms with Crippen molar-refractivity contribution in [2.24, 2.45) is 23.7 Å². The molecule has 1 aliphatic heterocycles. The van der Waals surface area contributed by atoms with Gasteiger partial charge in [-0.1, -0.05) is 103 Å². The molecular weight excluding hydrogens is 633 g/mol. The zero-order chi connectivity index (χ0) is 33.7. The lowest BCUT2D eigenvalue weighted by molar-refractivity contribution is -0.0399. The molecule has 6 aliphatic rings. The number of furan rings is 1. The van der Waals surface area contributed by atoms with Crippen molar-refractivity contribution in [3.63, 3.8) is 0 Å². The van der Waals surface area contributed by atoms with Crippen molar-refractivity contribution in [3.05, 3.63) is 145 Å². The van der Waals surface area contributed by atoms with Crippen molar-refractivity contribution in [3.8, 4) is 56.0 Å². The molecule has 2 heteroatoms. The molecule has 0 N–H and O–H groups in total. The highest BCUT2D eigenvalue weighted by atomic mass is 16.5. The fraction of sp³-hybridized carbons (Fsp3) is 0.200. The highest BCUT2D eigenvalue weighted by molar-refractivity contribution is 6.12. The molecule has 52 heavy (non-hydrogen) atoms. The Kier molecular flexibility index (Phi) is 5.30. The highest BCUT2D eigenvalue weighted by Gasteiger charge is 2.61. The second-order valence-corrected chi connectivity index (χ2v) is 16.4. The standard InChI is InChI=1S/C50H36O2/c1-3-13-43-36(7-1)37-17-15-31(27-44(37)50(43)32-22-28-21-29(24-32)25-33(50)23-28)34-18-20-47-48-39(34)10-6-11-40(48)42-26-30(16-19-46(42)51-47)35-9-5-12-41-38-8-2-4-14-45(38)52-49(35)41/h1-20,26-29,32-33H,21-25H2. The summed E-state index contributed by atoms with van der Waals surface area (Å²) in [6.07, 6.45) is 7.07. The monoisotopic (exact) mass is 668 g/mol. The minimum Gasteiger partial charge on any atom is -0.456 e. The molecule has 4 bridgehead atoms. The largest absolute Gasteiger partial charge is 0.456 e.